The van der Waals surface area contributed by atoms with Gasteiger partial charge in [0.1, 0.15) is 0 Å². The zero-order chi connectivity index (χ0) is 7.14. The first-order valence-electron chi connectivity index (χ1n) is 4.45. The maximum atomic E-state index is 2.36. The summed E-state index contributed by atoms with van der Waals surface area (Å²) in [4.78, 5) is 0. The van der Waals surface area contributed by atoms with Gasteiger partial charge in [-0.1, -0.05) is 26.0 Å². The number of hydrogen-bond acceptors (Lipinski definition) is 0. The van der Waals surface area contributed by atoms with Crippen LogP contribution in [0, 0.1) is 23.7 Å². The molecular weight excluding hydrogens is 120 g/mol. The van der Waals surface area contributed by atoms with Gasteiger partial charge in [0.25, 0.3) is 0 Å². The second-order valence-electron chi connectivity index (χ2n) is 4.09. The van der Waals surface area contributed by atoms with Gasteiger partial charge in [-0.25, -0.2) is 0 Å². The van der Waals surface area contributed by atoms with Crippen LogP contribution in [0.2, 0.25) is 0 Å². The van der Waals surface area contributed by atoms with Gasteiger partial charge in [0.2, 0.25) is 0 Å². The van der Waals surface area contributed by atoms with Gasteiger partial charge in [-0.05, 0) is 36.5 Å². The van der Waals surface area contributed by atoms with Gasteiger partial charge in [0.15, 0.2) is 0 Å². The van der Waals surface area contributed by atoms with Crippen molar-refractivity contribution in [2.75, 3.05) is 0 Å². The van der Waals surface area contributed by atoms with Crippen LogP contribution >= 0.6 is 0 Å². The fourth-order valence-corrected chi connectivity index (χ4v) is 2.63. The first-order chi connectivity index (χ1) is 4.80. The van der Waals surface area contributed by atoms with E-state index in [1.165, 1.54) is 12.8 Å². The number of allylic oxidation sites excluding steroid dienone is 2. The topological polar surface area (TPSA) is 0 Å². The molecule has 2 atom stereocenters. The summed E-state index contributed by atoms with van der Waals surface area (Å²) in [6.45, 7) is 4.73. The number of fused-ring (bicyclic) bond motifs is 1. The van der Waals surface area contributed by atoms with Crippen LogP contribution in [0.5, 0.6) is 0 Å². The normalized spacial score (nSPS) is 43.7. The van der Waals surface area contributed by atoms with E-state index in [2.05, 4.69) is 26.0 Å². The Morgan fingerprint density at radius 1 is 1.10 bits per heavy atom. The standard InChI is InChI=1S/C10H16/c1-7(2)10-8-5-3-4-6-9(8)10/h3-4,7-10H,5-6H2,1-2H3. The van der Waals surface area contributed by atoms with Crippen molar-refractivity contribution in [3.05, 3.63) is 12.2 Å². The van der Waals surface area contributed by atoms with Gasteiger partial charge in [0, 0.05) is 0 Å². The zero-order valence-electron chi connectivity index (χ0n) is 6.88. The summed E-state index contributed by atoms with van der Waals surface area (Å²) in [5.41, 5.74) is 0. The minimum Gasteiger partial charge on any atom is -0.0882 e. The lowest BCUT2D eigenvalue weighted by Gasteiger charge is -1.99. The van der Waals surface area contributed by atoms with Gasteiger partial charge in [-0.15, -0.1) is 0 Å². The molecule has 0 bridgehead atoms. The van der Waals surface area contributed by atoms with Crippen LogP contribution in [-0.2, 0) is 0 Å². The van der Waals surface area contributed by atoms with Crippen molar-refractivity contribution in [2.24, 2.45) is 23.7 Å². The molecule has 0 aromatic rings. The van der Waals surface area contributed by atoms with Gasteiger partial charge < -0.3 is 0 Å². The largest absolute Gasteiger partial charge is 0.0882 e. The molecule has 0 aromatic carbocycles. The van der Waals surface area contributed by atoms with E-state index in [9.17, 15) is 0 Å². The maximum Gasteiger partial charge on any atom is -0.0312 e. The smallest absolute Gasteiger partial charge is 0.0312 e. The average Bonchev–Trinajstić information content (AvgIpc) is 2.60. The third-order valence-electron chi connectivity index (χ3n) is 3.15. The van der Waals surface area contributed by atoms with Crippen LogP contribution in [0.4, 0.5) is 0 Å². The van der Waals surface area contributed by atoms with Crippen LogP contribution in [0.25, 0.3) is 0 Å². The molecule has 2 unspecified atom stereocenters. The van der Waals surface area contributed by atoms with Crippen molar-refractivity contribution in [3.63, 3.8) is 0 Å². The van der Waals surface area contributed by atoms with E-state index in [0.717, 1.165) is 23.7 Å². The zero-order valence-corrected chi connectivity index (χ0v) is 6.88. The second-order valence-corrected chi connectivity index (χ2v) is 4.09. The summed E-state index contributed by atoms with van der Waals surface area (Å²) in [5, 5.41) is 0. The molecule has 1 saturated carbocycles. The Bertz CT molecular complexity index is 141. The predicted octanol–water partition coefficient (Wildman–Crippen LogP) is 2.85. The Hall–Kier alpha value is -0.260. The van der Waals surface area contributed by atoms with E-state index in [1.807, 2.05) is 0 Å². The number of hydrogen-bond donors (Lipinski definition) is 0. The van der Waals surface area contributed by atoms with Gasteiger partial charge >= 0.3 is 0 Å². The highest BCUT2D eigenvalue weighted by Gasteiger charge is 2.50. The lowest BCUT2D eigenvalue weighted by atomic mass is 10.1. The maximum absolute atomic E-state index is 2.36. The van der Waals surface area contributed by atoms with Crippen molar-refractivity contribution in [1.82, 2.24) is 0 Å². The summed E-state index contributed by atoms with van der Waals surface area (Å²) in [7, 11) is 0. The molecule has 2 rings (SSSR count). The van der Waals surface area contributed by atoms with Crippen molar-refractivity contribution in [1.29, 1.82) is 0 Å². The molecular formula is C10H16. The molecule has 56 valence electrons. The molecule has 0 aromatic heterocycles. The Morgan fingerprint density at radius 3 is 2.00 bits per heavy atom. The quantitative estimate of drug-likeness (QED) is 0.486. The van der Waals surface area contributed by atoms with E-state index in [1.54, 1.807) is 0 Å². The highest BCUT2D eigenvalue weighted by Crippen LogP contribution is 2.56. The van der Waals surface area contributed by atoms with E-state index in [4.69, 9.17) is 0 Å². The molecule has 2 aliphatic rings. The van der Waals surface area contributed by atoms with Crippen LogP contribution in [0.15, 0.2) is 12.2 Å². The minimum absolute atomic E-state index is 0.926. The molecule has 0 saturated heterocycles. The Balaban J connectivity index is 1.98. The summed E-state index contributed by atoms with van der Waals surface area (Å²) >= 11 is 0. The first kappa shape index (κ1) is 6.45. The summed E-state index contributed by atoms with van der Waals surface area (Å²) in [6, 6.07) is 0. The van der Waals surface area contributed by atoms with Crippen molar-refractivity contribution in [3.8, 4) is 0 Å². The fourth-order valence-electron chi connectivity index (χ4n) is 2.63. The predicted molar refractivity (Wildman–Crippen MR) is 43.7 cm³/mol. The van der Waals surface area contributed by atoms with E-state index in [-0.39, 0.29) is 0 Å². The van der Waals surface area contributed by atoms with Crippen LogP contribution < -0.4 is 0 Å². The van der Waals surface area contributed by atoms with Gasteiger partial charge in [-0.2, -0.15) is 0 Å². The molecule has 0 heterocycles. The monoisotopic (exact) mass is 136 g/mol. The minimum atomic E-state index is 0.926. The van der Waals surface area contributed by atoms with Crippen molar-refractivity contribution < 1.29 is 0 Å². The molecule has 0 amide bonds. The molecule has 10 heavy (non-hydrogen) atoms. The lowest BCUT2D eigenvalue weighted by Crippen LogP contribution is -1.92. The second kappa shape index (κ2) is 2.11. The third-order valence-corrected chi connectivity index (χ3v) is 3.15. The first-order valence-corrected chi connectivity index (χ1v) is 4.45. The fraction of sp³-hybridized carbons (Fsp3) is 0.800. The Kier molecular flexibility index (Phi) is 1.36. The van der Waals surface area contributed by atoms with Crippen LogP contribution in [-0.4, -0.2) is 0 Å². The van der Waals surface area contributed by atoms with E-state index in [0.29, 0.717) is 0 Å². The highest BCUT2D eigenvalue weighted by atomic mass is 14.5. The summed E-state index contributed by atoms with van der Waals surface area (Å²) < 4.78 is 0. The molecule has 0 radical (unpaired) electrons. The molecule has 1 fully saturated rings. The molecule has 2 aliphatic carbocycles. The SMILES string of the molecule is CC(C)C1C2CC=CCC21. The average molecular weight is 136 g/mol. The van der Waals surface area contributed by atoms with Crippen molar-refractivity contribution >= 4 is 0 Å². The Morgan fingerprint density at radius 2 is 1.60 bits per heavy atom. The molecule has 0 heteroatoms. The van der Waals surface area contributed by atoms with E-state index < -0.39 is 0 Å². The van der Waals surface area contributed by atoms with E-state index >= 15 is 0 Å². The molecule has 0 N–H and O–H groups in total. The third kappa shape index (κ3) is 0.817. The summed E-state index contributed by atoms with van der Waals surface area (Å²) in [6.07, 6.45) is 7.47. The lowest BCUT2D eigenvalue weighted by molar-refractivity contribution is 0.505. The van der Waals surface area contributed by atoms with Crippen LogP contribution in [0.3, 0.4) is 0 Å². The summed E-state index contributed by atoms with van der Waals surface area (Å²) in [5.74, 6) is 4.14. The molecule has 0 aliphatic heterocycles. The highest BCUT2D eigenvalue weighted by molar-refractivity contribution is 5.09. The van der Waals surface area contributed by atoms with Gasteiger partial charge in [0.05, 0.1) is 0 Å². The van der Waals surface area contributed by atoms with Gasteiger partial charge in [-0.3, -0.25) is 0 Å². The Labute approximate surface area is 63.3 Å². The number of rotatable bonds is 1. The van der Waals surface area contributed by atoms with Crippen LogP contribution in [0.1, 0.15) is 26.7 Å². The molecule has 0 spiro atoms. The molecule has 0 nitrogen and oxygen atoms in total. The van der Waals surface area contributed by atoms with Crippen molar-refractivity contribution in [2.45, 2.75) is 26.7 Å².